The van der Waals surface area contributed by atoms with Crippen LogP contribution in [0.2, 0.25) is 0 Å². The van der Waals surface area contributed by atoms with Crippen LogP contribution in [0, 0.1) is 0 Å². The highest BCUT2D eigenvalue weighted by Gasteiger charge is 2.26. The third-order valence-corrected chi connectivity index (χ3v) is 6.65. The topological polar surface area (TPSA) is 75.7 Å². The van der Waals surface area contributed by atoms with Crippen molar-refractivity contribution in [3.8, 4) is 0 Å². The molecule has 6 heteroatoms. The van der Waals surface area contributed by atoms with Gasteiger partial charge in [0.1, 0.15) is 0 Å². The number of esters is 1. The Hall–Kier alpha value is -3.41. The number of carbonyl (C=O) groups is 3. The molecule has 0 heterocycles. The van der Waals surface area contributed by atoms with E-state index in [1.165, 1.54) is 13.2 Å². The molecule has 220 valence electrons. The summed E-state index contributed by atoms with van der Waals surface area (Å²) >= 11 is 0. The number of carbonyl (C=O) groups excluding carboxylic acids is 3. The number of likely N-dealkylation sites (N-methyl/N-ethyl adjacent to an activating group) is 1. The van der Waals surface area contributed by atoms with Crippen molar-refractivity contribution >= 4 is 17.8 Å². The van der Waals surface area contributed by atoms with Crippen LogP contribution in [-0.2, 0) is 19.1 Å². The molecule has 1 N–H and O–H groups in total. The molecule has 0 saturated heterocycles. The average Bonchev–Trinajstić information content (AvgIpc) is 2.96. The standard InChI is InChI=1S/C34H50N2O4/c1-4-5-6-7-8-9-10-11-12-13-14-15-16-17-18-19-20-21-22-23-32(37)35-30-24-26-31(27-25-30)36(2)33(38)28-29-34(39)40-3/h5-6,8-9,11-12,14-15,17-18,20-21,28-31H,4,7,10,13,16,19,22-27H2,1-3H3,(H,35,37). The van der Waals surface area contributed by atoms with Crippen molar-refractivity contribution in [3.05, 3.63) is 85.1 Å². The zero-order chi connectivity index (χ0) is 29.3. The van der Waals surface area contributed by atoms with E-state index in [1.54, 1.807) is 11.9 Å². The Morgan fingerprint density at radius 2 is 1.20 bits per heavy atom. The zero-order valence-corrected chi connectivity index (χ0v) is 24.8. The number of hydrogen-bond acceptors (Lipinski definition) is 4. The van der Waals surface area contributed by atoms with Gasteiger partial charge in [-0.3, -0.25) is 9.59 Å². The molecule has 0 aromatic carbocycles. The SMILES string of the molecule is CCC=CCC=CCC=CCC=CCC=CCC=CCCC(=O)NC1CCC(N(C)C(=O)C=CC(=O)OC)CC1. The summed E-state index contributed by atoms with van der Waals surface area (Å²) in [5.74, 6) is -0.681. The van der Waals surface area contributed by atoms with Crippen molar-refractivity contribution in [1.29, 1.82) is 0 Å². The minimum Gasteiger partial charge on any atom is -0.466 e. The molecule has 1 rings (SSSR count). The van der Waals surface area contributed by atoms with Crippen molar-refractivity contribution < 1.29 is 19.1 Å². The monoisotopic (exact) mass is 550 g/mol. The maximum Gasteiger partial charge on any atom is 0.330 e. The van der Waals surface area contributed by atoms with Crippen molar-refractivity contribution in [2.75, 3.05) is 14.2 Å². The van der Waals surface area contributed by atoms with Crippen LogP contribution in [0.15, 0.2) is 85.1 Å². The second-order valence-corrected chi connectivity index (χ2v) is 9.83. The number of amides is 2. The van der Waals surface area contributed by atoms with E-state index in [1.807, 2.05) is 0 Å². The van der Waals surface area contributed by atoms with Crippen LogP contribution in [0.1, 0.15) is 84.0 Å². The number of hydrogen-bond donors (Lipinski definition) is 1. The second-order valence-electron chi connectivity index (χ2n) is 9.83. The average molecular weight is 551 g/mol. The third-order valence-electron chi connectivity index (χ3n) is 6.65. The first-order valence-corrected chi connectivity index (χ1v) is 14.7. The van der Waals surface area contributed by atoms with Gasteiger partial charge >= 0.3 is 5.97 Å². The Kier molecular flexibility index (Phi) is 20.3. The van der Waals surface area contributed by atoms with Crippen LogP contribution in [0.4, 0.5) is 0 Å². The van der Waals surface area contributed by atoms with Crippen molar-refractivity contribution in [3.63, 3.8) is 0 Å². The van der Waals surface area contributed by atoms with E-state index in [-0.39, 0.29) is 23.9 Å². The minimum atomic E-state index is -0.544. The molecule has 0 aliphatic heterocycles. The van der Waals surface area contributed by atoms with E-state index in [9.17, 15) is 14.4 Å². The maximum absolute atomic E-state index is 12.3. The predicted octanol–water partition coefficient (Wildman–Crippen LogP) is 7.08. The van der Waals surface area contributed by atoms with Crippen LogP contribution < -0.4 is 5.32 Å². The number of nitrogens with zero attached hydrogens (tertiary/aromatic N) is 1. The van der Waals surface area contributed by atoms with E-state index in [0.29, 0.717) is 6.42 Å². The van der Waals surface area contributed by atoms with E-state index in [4.69, 9.17) is 0 Å². The van der Waals surface area contributed by atoms with Gasteiger partial charge in [-0.25, -0.2) is 4.79 Å². The predicted molar refractivity (Wildman–Crippen MR) is 166 cm³/mol. The van der Waals surface area contributed by atoms with E-state index < -0.39 is 5.97 Å². The lowest BCUT2D eigenvalue weighted by Crippen LogP contribution is -2.44. The molecule has 0 bridgehead atoms. The summed E-state index contributed by atoms with van der Waals surface area (Å²) in [6.07, 6.45) is 38.9. The molecule has 1 aliphatic rings. The molecule has 0 atom stereocenters. The fourth-order valence-electron chi connectivity index (χ4n) is 4.27. The quantitative estimate of drug-likeness (QED) is 0.112. The molecule has 0 aromatic rings. The van der Waals surface area contributed by atoms with Crippen molar-refractivity contribution in [1.82, 2.24) is 10.2 Å². The van der Waals surface area contributed by atoms with Crippen LogP contribution in [0.3, 0.4) is 0 Å². The number of ether oxygens (including phenoxy) is 1. The van der Waals surface area contributed by atoms with Gasteiger partial charge in [-0.15, -0.1) is 0 Å². The largest absolute Gasteiger partial charge is 0.466 e. The van der Waals surface area contributed by atoms with Gasteiger partial charge in [0.25, 0.3) is 0 Å². The molecule has 0 unspecified atom stereocenters. The van der Waals surface area contributed by atoms with Crippen LogP contribution in [-0.4, -0.2) is 48.9 Å². The Balaban J connectivity index is 2.09. The first-order chi connectivity index (χ1) is 19.5. The Labute approximate surface area is 242 Å². The Morgan fingerprint density at radius 3 is 1.68 bits per heavy atom. The molecule has 0 spiro atoms. The van der Waals surface area contributed by atoms with E-state index >= 15 is 0 Å². The van der Waals surface area contributed by atoms with Gasteiger partial charge in [-0.05, 0) is 70.6 Å². The van der Waals surface area contributed by atoms with Gasteiger partial charge in [-0.2, -0.15) is 0 Å². The van der Waals surface area contributed by atoms with Crippen molar-refractivity contribution in [2.24, 2.45) is 0 Å². The summed E-state index contributed by atoms with van der Waals surface area (Å²) in [5.41, 5.74) is 0. The fourth-order valence-corrected chi connectivity index (χ4v) is 4.27. The smallest absolute Gasteiger partial charge is 0.330 e. The highest BCUT2D eigenvalue weighted by molar-refractivity contribution is 5.94. The number of methoxy groups -OCH3 is 1. The fraction of sp³-hybridized carbons (Fsp3) is 0.500. The normalized spacial score (nSPS) is 18.4. The van der Waals surface area contributed by atoms with Gasteiger partial charge in [0.15, 0.2) is 0 Å². The van der Waals surface area contributed by atoms with Gasteiger partial charge in [0.2, 0.25) is 11.8 Å². The summed E-state index contributed by atoms with van der Waals surface area (Å²) in [6, 6.07) is 0.268. The molecule has 2 amide bonds. The third kappa shape index (κ3) is 18.0. The number of nitrogens with one attached hydrogen (secondary N) is 1. The van der Waals surface area contributed by atoms with Gasteiger partial charge in [0.05, 0.1) is 7.11 Å². The minimum absolute atomic E-state index is 0.0772. The highest BCUT2D eigenvalue weighted by Crippen LogP contribution is 2.23. The van der Waals surface area contributed by atoms with E-state index in [2.05, 4.69) is 89.9 Å². The second kappa shape index (κ2) is 23.5. The first-order valence-electron chi connectivity index (χ1n) is 14.7. The molecule has 0 radical (unpaired) electrons. The number of rotatable bonds is 18. The summed E-state index contributed by atoms with van der Waals surface area (Å²) in [6.45, 7) is 2.15. The molecule has 40 heavy (non-hydrogen) atoms. The molecule has 1 saturated carbocycles. The Morgan fingerprint density at radius 1 is 0.725 bits per heavy atom. The Bertz CT molecular complexity index is 932. The highest BCUT2D eigenvalue weighted by atomic mass is 16.5. The van der Waals surface area contributed by atoms with Gasteiger partial charge < -0.3 is 15.0 Å². The molecule has 1 aliphatic carbocycles. The van der Waals surface area contributed by atoms with E-state index in [0.717, 1.165) is 76.7 Å². The van der Waals surface area contributed by atoms with Crippen LogP contribution in [0.5, 0.6) is 0 Å². The lowest BCUT2D eigenvalue weighted by Gasteiger charge is -2.34. The molecular weight excluding hydrogens is 500 g/mol. The molecular formula is C34H50N2O4. The summed E-state index contributed by atoms with van der Waals surface area (Å²) in [5, 5.41) is 3.13. The summed E-state index contributed by atoms with van der Waals surface area (Å²) < 4.78 is 4.52. The first kappa shape index (κ1) is 34.6. The lowest BCUT2D eigenvalue weighted by molar-refractivity contribution is -0.135. The molecule has 1 fully saturated rings. The summed E-state index contributed by atoms with van der Waals surface area (Å²) in [7, 11) is 3.03. The van der Waals surface area contributed by atoms with Crippen LogP contribution >= 0.6 is 0 Å². The maximum atomic E-state index is 12.3. The summed E-state index contributed by atoms with van der Waals surface area (Å²) in [4.78, 5) is 37.4. The number of allylic oxidation sites excluding steroid dienone is 12. The molecule has 6 nitrogen and oxygen atoms in total. The van der Waals surface area contributed by atoms with Gasteiger partial charge in [-0.1, -0.05) is 79.8 Å². The van der Waals surface area contributed by atoms with Crippen LogP contribution in [0.25, 0.3) is 0 Å². The zero-order valence-electron chi connectivity index (χ0n) is 24.8. The van der Waals surface area contributed by atoms with Crippen molar-refractivity contribution in [2.45, 2.75) is 96.1 Å². The van der Waals surface area contributed by atoms with Gasteiger partial charge in [0, 0.05) is 37.7 Å². The molecule has 0 aromatic heterocycles. The lowest BCUT2D eigenvalue weighted by atomic mass is 9.90.